The molecule has 0 aliphatic rings. The largest absolute Gasteiger partial charge is 0.346 e. The highest BCUT2D eigenvalue weighted by molar-refractivity contribution is 7.99. The lowest BCUT2D eigenvalue weighted by Crippen LogP contribution is -2.39. The molecule has 0 saturated heterocycles. The van der Waals surface area contributed by atoms with E-state index in [1.807, 2.05) is 6.92 Å². The molecule has 0 spiro atoms. The summed E-state index contributed by atoms with van der Waals surface area (Å²) >= 11 is 0.977. The van der Waals surface area contributed by atoms with Gasteiger partial charge < -0.3 is 0 Å². The van der Waals surface area contributed by atoms with E-state index in [4.69, 9.17) is 0 Å². The molecule has 0 unspecified atom stereocenters. The van der Waals surface area contributed by atoms with Gasteiger partial charge in [-0.1, -0.05) is 25.6 Å². The number of aromatic nitrogens is 3. The van der Waals surface area contributed by atoms with Crippen LogP contribution in [0.3, 0.4) is 0 Å². The minimum absolute atomic E-state index is 0.00139. The van der Waals surface area contributed by atoms with Crippen molar-refractivity contribution in [3.05, 3.63) is 20.8 Å². The quantitative estimate of drug-likeness (QED) is 0.442. The standard InChI is InChI=1S/C14H23N5O3S/c1-9(2)6-7-10(3)15-16-11(20)8-23-12-13(21)18(4)14(22)19(5)17-12/h9H,6-8H2,1-5H3,(H,16,20)/b15-10-. The molecule has 0 fully saturated rings. The minimum Gasteiger partial charge on any atom is -0.272 e. The van der Waals surface area contributed by atoms with Gasteiger partial charge in [-0.15, -0.1) is 0 Å². The molecule has 8 nitrogen and oxygen atoms in total. The van der Waals surface area contributed by atoms with Crippen LogP contribution in [0, 0.1) is 5.92 Å². The predicted octanol–water partition coefficient (Wildman–Crippen LogP) is 0.499. The van der Waals surface area contributed by atoms with E-state index in [9.17, 15) is 14.4 Å². The van der Waals surface area contributed by atoms with Gasteiger partial charge in [0.2, 0.25) is 5.91 Å². The zero-order chi connectivity index (χ0) is 17.6. The van der Waals surface area contributed by atoms with E-state index < -0.39 is 11.2 Å². The van der Waals surface area contributed by atoms with Crippen LogP contribution >= 0.6 is 11.8 Å². The summed E-state index contributed by atoms with van der Waals surface area (Å²) in [6.07, 6.45) is 1.84. The van der Waals surface area contributed by atoms with E-state index in [0.717, 1.165) is 39.6 Å². The molecule has 1 heterocycles. The number of hydrogen-bond donors (Lipinski definition) is 1. The summed E-state index contributed by atoms with van der Waals surface area (Å²) in [5.41, 5.74) is 2.30. The lowest BCUT2D eigenvalue weighted by Gasteiger charge is -2.06. The Morgan fingerprint density at radius 3 is 2.61 bits per heavy atom. The van der Waals surface area contributed by atoms with Crippen molar-refractivity contribution in [1.29, 1.82) is 0 Å². The number of rotatable bonds is 7. The van der Waals surface area contributed by atoms with Crippen LogP contribution in [0.2, 0.25) is 0 Å². The van der Waals surface area contributed by atoms with Crippen molar-refractivity contribution in [3.8, 4) is 0 Å². The van der Waals surface area contributed by atoms with Crippen LogP contribution in [0.5, 0.6) is 0 Å². The van der Waals surface area contributed by atoms with Gasteiger partial charge in [0, 0.05) is 19.8 Å². The lowest BCUT2D eigenvalue weighted by atomic mass is 10.1. The van der Waals surface area contributed by atoms with Crippen LogP contribution in [-0.2, 0) is 18.9 Å². The van der Waals surface area contributed by atoms with Crippen molar-refractivity contribution in [2.45, 2.75) is 38.6 Å². The normalized spacial score (nSPS) is 11.8. The molecule has 0 aliphatic heterocycles. The molecule has 1 amide bonds. The molecule has 128 valence electrons. The van der Waals surface area contributed by atoms with Crippen molar-refractivity contribution in [2.75, 3.05) is 5.75 Å². The number of amides is 1. The van der Waals surface area contributed by atoms with Gasteiger partial charge in [0.25, 0.3) is 5.56 Å². The molecule has 1 aromatic rings. The maximum Gasteiger partial charge on any atom is 0.346 e. The molecule has 0 bridgehead atoms. The number of hydrogen-bond acceptors (Lipinski definition) is 6. The summed E-state index contributed by atoms with van der Waals surface area (Å²) in [4.78, 5) is 35.2. The van der Waals surface area contributed by atoms with Crippen LogP contribution in [0.1, 0.15) is 33.6 Å². The van der Waals surface area contributed by atoms with E-state index in [0.29, 0.717) is 5.92 Å². The van der Waals surface area contributed by atoms with Crippen LogP contribution in [0.25, 0.3) is 0 Å². The number of carbonyl (C=O) groups is 1. The van der Waals surface area contributed by atoms with Crippen molar-refractivity contribution in [2.24, 2.45) is 25.1 Å². The number of nitrogens with zero attached hydrogens (tertiary/aromatic N) is 4. The molecule has 0 aromatic carbocycles. The van der Waals surface area contributed by atoms with E-state index in [2.05, 4.69) is 29.5 Å². The first-order valence-electron chi connectivity index (χ1n) is 7.31. The number of hydrazone groups is 1. The highest BCUT2D eigenvalue weighted by Crippen LogP contribution is 2.08. The average Bonchev–Trinajstić information content (AvgIpc) is 2.50. The predicted molar refractivity (Wildman–Crippen MR) is 90.8 cm³/mol. The third-order valence-corrected chi connectivity index (χ3v) is 4.02. The Morgan fingerprint density at radius 2 is 2.00 bits per heavy atom. The first-order chi connectivity index (χ1) is 10.7. The Kier molecular flexibility index (Phi) is 7.21. The molecule has 9 heteroatoms. The summed E-state index contributed by atoms with van der Waals surface area (Å²) in [7, 11) is 2.83. The van der Waals surface area contributed by atoms with Gasteiger partial charge >= 0.3 is 5.69 Å². The molecular formula is C14H23N5O3S. The Morgan fingerprint density at radius 1 is 1.35 bits per heavy atom. The fourth-order valence-electron chi connectivity index (χ4n) is 1.64. The molecule has 1 rings (SSSR count). The number of nitrogens with one attached hydrogen (secondary N) is 1. The van der Waals surface area contributed by atoms with E-state index in [1.165, 1.54) is 14.1 Å². The van der Waals surface area contributed by atoms with Crippen LogP contribution in [0.4, 0.5) is 0 Å². The van der Waals surface area contributed by atoms with Crippen molar-refractivity contribution >= 4 is 23.4 Å². The van der Waals surface area contributed by atoms with Gasteiger partial charge in [0.05, 0.1) is 5.75 Å². The van der Waals surface area contributed by atoms with Gasteiger partial charge in [0.15, 0.2) is 5.03 Å². The Balaban J connectivity index is 2.59. The first-order valence-corrected chi connectivity index (χ1v) is 8.30. The molecule has 0 atom stereocenters. The van der Waals surface area contributed by atoms with Gasteiger partial charge in [-0.3, -0.25) is 14.2 Å². The SMILES string of the molecule is C/C(CCC(C)C)=N/NC(=O)CSc1nn(C)c(=O)n(C)c1=O. The zero-order valence-electron chi connectivity index (χ0n) is 14.1. The topological polar surface area (TPSA) is 98.3 Å². The first kappa shape index (κ1) is 19.1. The molecule has 23 heavy (non-hydrogen) atoms. The Hall–Kier alpha value is -1.90. The molecule has 0 saturated carbocycles. The third kappa shape index (κ3) is 6.01. The summed E-state index contributed by atoms with van der Waals surface area (Å²) in [5.74, 6) is 0.261. The smallest absolute Gasteiger partial charge is 0.272 e. The van der Waals surface area contributed by atoms with Gasteiger partial charge in [-0.25, -0.2) is 14.9 Å². The molecule has 0 radical (unpaired) electrons. The summed E-state index contributed by atoms with van der Waals surface area (Å²) in [6.45, 7) is 6.12. The van der Waals surface area contributed by atoms with E-state index in [1.54, 1.807) is 0 Å². The van der Waals surface area contributed by atoms with Gasteiger partial charge in [0.1, 0.15) is 0 Å². The van der Waals surface area contributed by atoms with Gasteiger partial charge in [-0.2, -0.15) is 10.2 Å². The van der Waals surface area contributed by atoms with E-state index >= 15 is 0 Å². The van der Waals surface area contributed by atoms with E-state index in [-0.39, 0.29) is 16.7 Å². The second kappa shape index (κ2) is 8.66. The molecular weight excluding hydrogens is 318 g/mol. The van der Waals surface area contributed by atoms with Crippen LogP contribution < -0.4 is 16.7 Å². The highest BCUT2D eigenvalue weighted by atomic mass is 32.2. The molecule has 1 aromatic heterocycles. The van der Waals surface area contributed by atoms with Crippen LogP contribution in [-0.4, -0.2) is 31.7 Å². The summed E-state index contributed by atoms with van der Waals surface area (Å²) < 4.78 is 2.03. The Bertz CT molecular complexity index is 705. The second-order valence-corrected chi connectivity index (χ2v) is 6.64. The molecule has 1 N–H and O–H groups in total. The van der Waals surface area contributed by atoms with Crippen molar-refractivity contribution in [1.82, 2.24) is 19.8 Å². The maximum absolute atomic E-state index is 11.9. The monoisotopic (exact) mass is 341 g/mol. The second-order valence-electron chi connectivity index (χ2n) is 5.68. The van der Waals surface area contributed by atoms with Crippen molar-refractivity contribution in [3.63, 3.8) is 0 Å². The zero-order valence-corrected chi connectivity index (χ0v) is 14.9. The maximum atomic E-state index is 11.9. The molecule has 0 aliphatic carbocycles. The van der Waals surface area contributed by atoms with Crippen molar-refractivity contribution < 1.29 is 4.79 Å². The fraction of sp³-hybridized carbons (Fsp3) is 0.643. The fourth-order valence-corrected chi connectivity index (χ4v) is 2.41. The minimum atomic E-state index is -0.512. The number of aryl methyl sites for hydroxylation is 1. The van der Waals surface area contributed by atoms with Crippen LogP contribution in [0.15, 0.2) is 19.7 Å². The number of carbonyl (C=O) groups excluding carboxylic acids is 1. The summed E-state index contributed by atoms with van der Waals surface area (Å²) in [6, 6.07) is 0. The Labute approximate surface area is 139 Å². The lowest BCUT2D eigenvalue weighted by molar-refractivity contribution is -0.118. The summed E-state index contributed by atoms with van der Waals surface area (Å²) in [5, 5.41) is 7.99. The average molecular weight is 341 g/mol. The van der Waals surface area contributed by atoms with Gasteiger partial charge in [-0.05, 0) is 25.7 Å². The third-order valence-electron chi connectivity index (χ3n) is 3.09. The highest BCUT2D eigenvalue weighted by Gasteiger charge is 2.11. The number of thioether (sulfide) groups is 1.